The van der Waals surface area contributed by atoms with Crippen molar-refractivity contribution in [3.8, 4) is 12.3 Å². The van der Waals surface area contributed by atoms with Crippen LogP contribution in [0.25, 0.3) is 0 Å². The lowest BCUT2D eigenvalue weighted by Crippen LogP contribution is -2.19. The van der Waals surface area contributed by atoms with E-state index in [2.05, 4.69) is 21.5 Å². The molecular weight excluding hydrogens is 294 g/mol. The number of nitrogens with zero attached hydrogens (tertiary/aromatic N) is 2. The third kappa shape index (κ3) is 3.95. The number of carboxylic acid groups (broad SMARTS) is 1. The molecule has 0 unspecified atom stereocenters. The number of anilines is 1. The van der Waals surface area contributed by atoms with Gasteiger partial charge in [0, 0.05) is 25.7 Å². The van der Waals surface area contributed by atoms with Gasteiger partial charge in [0.2, 0.25) is 5.91 Å². The van der Waals surface area contributed by atoms with Gasteiger partial charge in [0.25, 0.3) is 0 Å². The number of benzene rings is 1. The highest BCUT2D eigenvalue weighted by molar-refractivity contribution is 6.01. The number of carbonyl (C=O) groups excluding carboxylic acids is 1. The Morgan fingerprint density at radius 2 is 2.00 bits per heavy atom. The molecule has 6 nitrogen and oxygen atoms in total. The summed E-state index contributed by atoms with van der Waals surface area (Å²) >= 11 is 0. The number of terminal acetylenes is 1. The van der Waals surface area contributed by atoms with Crippen molar-refractivity contribution in [2.24, 2.45) is 10.2 Å². The van der Waals surface area contributed by atoms with Crippen molar-refractivity contribution in [3.05, 3.63) is 28.8 Å². The molecule has 6 heteroatoms. The van der Waals surface area contributed by atoms with Gasteiger partial charge in [0.05, 0.1) is 11.3 Å². The normalized spacial score (nSPS) is 14.1. The molecule has 1 aliphatic heterocycles. The third-order valence-corrected chi connectivity index (χ3v) is 4.03. The van der Waals surface area contributed by atoms with Crippen molar-refractivity contribution in [1.82, 2.24) is 0 Å². The summed E-state index contributed by atoms with van der Waals surface area (Å²) in [6.45, 7) is 3.56. The fourth-order valence-corrected chi connectivity index (χ4v) is 2.39. The van der Waals surface area contributed by atoms with Crippen molar-refractivity contribution in [1.29, 1.82) is 0 Å². The molecule has 1 heterocycles. The second-order valence-electron chi connectivity index (χ2n) is 5.67. The zero-order valence-electron chi connectivity index (χ0n) is 13.2. The van der Waals surface area contributed by atoms with Gasteiger partial charge in [-0.2, -0.15) is 10.2 Å². The van der Waals surface area contributed by atoms with Gasteiger partial charge in [-0.05, 0) is 31.0 Å². The SMILES string of the molecule is C#CCCC1(CCC(=O)Nc2ccc(C)c(C)c2C(=O)O)N=N1. The van der Waals surface area contributed by atoms with E-state index in [1.165, 1.54) is 0 Å². The molecule has 0 saturated heterocycles. The lowest BCUT2D eigenvalue weighted by Gasteiger charge is -2.13. The number of carbonyl (C=O) groups is 2. The van der Waals surface area contributed by atoms with Gasteiger partial charge in [0.15, 0.2) is 5.66 Å². The summed E-state index contributed by atoms with van der Waals surface area (Å²) in [5.74, 6) is 1.22. The molecule has 0 fully saturated rings. The third-order valence-electron chi connectivity index (χ3n) is 4.03. The average Bonchev–Trinajstić information content (AvgIpc) is 3.27. The van der Waals surface area contributed by atoms with Crippen LogP contribution in [0.15, 0.2) is 22.4 Å². The Morgan fingerprint density at radius 3 is 2.57 bits per heavy atom. The van der Waals surface area contributed by atoms with Crippen LogP contribution in [0, 0.1) is 26.2 Å². The van der Waals surface area contributed by atoms with E-state index in [9.17, 15) is 14.7 Å². The number of rotatable bonds is 7. The quantitative estimate of drug-likeness (QED) is 0.757. The average molecular weight is 313 g/mol. The molecule has 1 aromatic rings. The first-order valence-electron chi connectivity index (χ1n) is 7.39. The Labute approximate surface area is 135 Å². The molecular formula is C17H19N3O3. The zero-order valence-corrected chi connectivity index (χ0v) is 13.2. The number of amides is 1. The van der Waals surface area contributed by atoms with Crippen molar-refractivity contribution in [3.63, 3.8) is 0 Å². The Kier molecular flexibility index (Phi) is 4.80. The minimum Gasteiger partial charge on any atom is -0.478 e. The number of hydrogen-bond acceptors (Lipinski definition) is 4. The molecule has 1 aliphatic rings. The molecule has 0 bridgehead atoms. The predicted molar refractivity (Wildman–Crippen MR) is 86.4 cm³/mol. The highest BCUT2D eigenvalue weighted by Gasteiger charge is 2.39. The van der Waals surface area contributed by atoms with E-state index in [-0.39, 0.29) is 17.9 Å². The number of aromatic carboxylic acids is 1. The lowest BCUT2D eigenvalue weighted by atomic mass is 10.00. The van der Waals surface area contributed by atoms with Crippen LogP contribution in [0.3, 0.4) is 0 Å². The highest BCUT2D eigenvalue weighted by Crippen LogP contribution is 2.37. The van der Waals surface area contributed by atoms with Crippen molar-refractivity contribution in [2.75, 3.05) is 5.32 Å². The van der Waals surface area contributed by atoms with Gasteiger partial charge in [0.1, 0.15) is 0 Å². The Balaban J connectivity index is 2.00. The molecule has 1 aromatic carbocycles. The van der Waals surface area contributed by atoms with Gasteiger partial charge in [-0.25, -0.2) is 4.79 Å². The zero-order chi connectivity index (χ0) is 17.0. The number of aryl methyl sites for hydroxylation is 1. The van der Waals surface area contributed by atoms with Gasteiger partial charge in [-0.3, -0.25) is 4.79 Å². The molecule has 2 rings (SSSR count). The van der Waals surface area contributed by atoms with Crippen LogP contribution < -0.4 is 5.32 Å². The predicted octanol–water partition coefficient (Wildman–Crippen LogP) is 3.30. The van der Waals surface area contributed by atoms with E-state index < -0.39 is 11.6 Å². The maximum atomic E-state index is 12.1. The van der Waals surface area contributed by atoms with Crippen molar-refractivity contribution < 1.29 is 14.7 Å². The fraction of sp³-hybridized carbons (Fsp3) is 0.412. The number of carboxylic acids is 1. The van der Waals surface area contributed by atoms with Gasteiger partial charge < -0.3 is 10.4 Å². The van der Waals surface area contributed by atoms with Crippen LogP contribution >= 0.6 is 0 Å². The van der Waals surface area contributed by atoms with E-state index in [4.69, 9.17) is 6.42 Å². The molecule has 120 valence electrons. The van der Waals surface area contributed by atoms with E-state index in [1.807, 2.05) is 6.92 Å². The summed E-state index contributed by atoms with van der Waals surface area (Å²) < 4.78 is 0. The van der Waals surface area contributed by atoms with Crippen LogP contribution in [-0.2, 0) is 4.79 Å². The summed E-state index contributed by atoms with van der Waals surface area (Å²) in [4.78, 5) is 23.5. The topological polar surface area (TPSA) is 91.1 Å². The van der Waals surface area contributed by atoms with E-state index in [0.717, 1.165) is 5.56 Å². The summed E-state index contributed by atoms with van der Waals surface area (Å²) in [5, 5.41) is 20.0. The maximum Gasteiger partial charge on any atom is 0.338 e. The summed E-state index contributed by atoms with van der Waals surface area (Å²) in [7, 11) is 0. The smallest absolute Gasteiger partial charge is 0.338 e. The van der Waals surface area contributed by atoms with Crippen molar-refractivity contribution >= 4 is 17.6 Å². The summed E-state index contributed by atoms with van der Waals surface area (Å²) in [5.41, 5.74) is 1.44. The molecule has 0 aliphatic carbocycles. The molecule has 0 radical (unpaired) electrons. The summed E-state index contributed by atoms with van der Waals surface area (Å²) in [6, 6.07) is 3.40. The fourth-order valence-electron chi connectivity index (χ4n) is 2.39. The van der Waals surface area contributed by atoms with Gasteiger partial charge in [-0.1, -0.05) is 6.07 Å². The Bertz CT molecular complexity index is 711. The Morgan fingerprint density at radius 1 is 1.30 bits per heavy atom. The van der Waals surface area contributed by atoms with Gasteiger partial charge in [-0.15, -0.1) is 12.3 Å². The first-order valence-corrected chi connectivity index (χ1v) is 7.39. The summed E-state index contributed by atoms with van der Waals surface area (Å²) in [6.07, 6.45) is 7.12. The standard InChI is InChI=1S/C17H19N3O3/c1-4-5-9-17(19-20-17)10-8-14(21)18-13-7-6-11(2)12(3)15(13)16(22)23/h1,6-7H,5,8-10H2,2-3H3,(H,18,21)(H,22,23). The van der Waals surface area contributed by atoms with Crippen LogP contribution in [-0.4, -0.2) is 22.6 Å². The van der Waals surface area contributed by atoms with Crippen LogP contribution in [0.2, 0.25) is 0 Å². The van der Waals surface area contributed by atoms with Crippen LogP contribution in [0.4, 0.5) is 5.69 Å². The molecule has 1 amide bonds. The first-order chi connectivity index (χ1) is 10.9. The lowest BCUT2D eigenvalue weighted by molar-refractivity contribution is -0.116. The largest absolute Gasteiger partial charge is 0.478 e. The van der Waals surface area contributed by atoms with Crippen LogP contribution in [0.5, 0.6) is 0 Å². The van der Waals surface area contributed by atoms with E-state index >= 15 is 0 Å². The van der Waals surface area contributed by atoms with E-state index in [0.29, 0.717) is 30.5 Å². The first kappa shape index (κ1) is 16.7. The number of hydrogen-bond donors (Lipinski definition) is 2. The number of nitrogens with one attached hydrogen (secondary N) is 1. The minimum absolute atomic E-state index is 0.126. The monoisotopic (exact) mass is 313 g/mol. The molecule has 23 heavy (non-hydrogen) atoms. The maximum absolute atomic E-state index is 12.1. The Hall–Kier alpha value is -2.68. The second-order valence-corrected chi connectivity index (χ2v) is 5.67. The molecule has 0 saturated carbocycles. The molecule has 2 N–H and O–H groups in total. The molecule has 0 spiro atoms. The minimum atomic E-state index is -1.06. The molecule has 0 aromatic heterocycles. The molecule has 0 atom stereocenters. The second kappa shape index (κ2) is 6.61. The highest BCUT2D eigenvalue weighted by atomic mass is 16.4. The van der Waals surface area contributed by atoms with Gasteiger partial charge >= 0.3 is 5.97 Å². The van der Waals surface area contributed by atoms with Crippen molar-refractivity contribution in [2.45, 2.75) is 45.2 Å². The van der Waals surface area contributed by atoms with E-state index in [1.54, 1.807) is 19.1 Å². The van der Waals surface area contributed by atoms with Crippen LogP contribution in [0.1, 0.15) is 47.2 Å².